The topological polar surface area (TPSA) is 113 Å². The number of aliphatic hydroxyl groups excluding tert-OH is 2. The number of ketones is 1. The van der Waals surface area contributed by atoms with Gasteiger partial charge in [-0.2, -0.15) is 0 Å². The second-order valence-electron chi connectivity index (χ2n) is 10.4. The molecule has 7 nitrogen and oxygen atoms in total. The number of Topliss-reactive ketones (excluding diaryl/α,β-unsaturated/α-hetero) is 1. The van der Waals surface area contributed by atoms with Gasteiger partial charge in [0.25, 0.3) is 0 Å². The Hall–Kier alpha value is -3.03. The minimum absolute atomic E-state index is 0.278. The van der Waals surface area contributed by atoms with Crippen LogP contribution >= 0.6 is 0 Å². The molecule has 2 fully saturated rings. The van der Waals surface area contributed by atoms with Gasteiger partial charge in [-0.1, -0.05) is 62.9 Å². The Morgan fingerprint density at radius 1 is 1.14 bits per heavy atom. The zero-order valence-corrected chi connectivity index (χ0v) is 21.0. The summed E-state index contributed by atoms with van der Waals surface area (Å²) in [6.07, 6.45) is 3.62. The Morgan fingerprint density at radius 3 is 2.50 bits per heavy atom. The minimum Gasteiger partial charge on any atom is -0.457 e. The number of hydrogen-bond donors (Lipinski definition) is 3. The van der Waals surface area contributed by atoms with Crippen LogP contribution in [0, 0.1) is 29.1 Å². The number of rotatable bonds is 3. The van der Waals surface area contributed by atoms with Crippen molar-refractivity contribution in [2.75, 3.05) is 0 Å². The largest absolute Gasteiger partial charge is 0.457 e. The molecule has 4 rings (SSSR count). The van der Waals surface area contributed by atoms with E-state index in [4.69, 9.17) is 4.74 Å². The molecule has 7 heteroatoms. The van der Waals surface area contributed by atoms with Crippen LogP contribution < -0.4 is 5.32 Å². The number of carbonyl (C=O) groups excluding carboxylic acids is 3. The van der Waals surface area contributed by atoms with E-state index in [0.29, 0.717) is 18.4 Å². The highest BCUT2D eigenvalue weighted by atomic mass is 16.5. The average molecular weight is 494 g/mol. The molecule has 1 spiro atoms. The molecule has 2 aliphatic carbocycles. The zero-order valence-electron chi connectivity index (χ0n) is 21.0. The first-order valence-corrected chi connectivity index (χ1v) is 12.5. The summed E-state index contributed by atoms with van der Waals surface area (Å²) in [5, 5.41) is 25.1. The van der Waals surface area contributed by atoms with Gasteiger partial charge in [0.15, 0.2) is 5.78 Å². The Balaban J connectivity index is 1.92. The maximum absolute atomic E-state index is 14.1. The quantitative estimate of drug-likeness (QED) is 0.441. The van der Waals surface area contributed by atoms with E-state index < -0.39 is 41.5 Å². The lowest BCUT2D eigenvalue weighted by Crippen LogP contribution is -2.60. The van der Waals surface area contributed by atoms with Gasteiger partial charge in [0.2, 0.25) is 5.91 Å². The van der Waals surface area contributed by atoms with Gasteiger partial charge in [0.1, 0.15) is 17.6 Å². The molecule has 1 heterocycles. The molecule has 0 radical (unpaired) electrons. The van der Waals surface area contributed by atoms with Crippen molar-refractivity contribution >= 4 is 17.7 Å². The predicted octanol–water partition coefficient (Wildman–Crippen LogP) is 2.53. The second-order valence-corrected chi connectivity index (χ2v) is 10.4. The summed E-state index contributed by atoms with van der Waals surface area (Å²) in [4.78, 5) is 39.0. The SMILES string of the molecule is C=C1C(C)C2C(Cc3ccccc3)NC(=O)C23C(OC(C)=O)C=CC(O)C(=O)C(C)CC=CC3C1O. The highest BCUT2D eigenvalue weighted by Gasteiger charge is 2.68. The third-order valence-electron chi connectivity index (χ3n) is 8.23. The number of esters is 1. The van der Waals surface area contributed by atoms with E-state index in [0.717, 1.165) is 5.56 Å². The lowest BCUT2D eigenvalue weighted by molar-refractivity contribution is -0.166. The van der Waals surface area contributed by atoms with Crippen molar-refractivity contribution in [1.82, 2.24) is 5.32 Å². The number of aliphatic hydroxyl groups is 2. The predicted molar refractivity (Wildman–Crippen MR) is 134 cm³/mol. The van der Waals surface area contributed by atoms with Gasteiger partial charge in [0, 0.05) is 30.7 Å². The maximum atomic E-state index is 14.1. The number of nitrogens with one attached hydrogen (secondary N) is 1. The first-order valence-electron chi connectivity index (χ1n) is 12.5. The van der Waals surface area contributed by atoms with Crippen molar-refractivity contribution in [3.05, 3.63) is 72.4 Å². The van der Waals surface area contributed by atoms with Crippen LogP contribution in [-0.2, 0) is 25.5 Å². The van der Waals surface area contributed by atoms with E-state index in [9.17, 15) is 24.6 Å². The minimum atomic E-state index is -1.40. The summed E-state index contributed by atoms with van der Waals surface area (Å²) >= 11 is 0. The van der Waals surface area contributed by atoms with E-state index in [-0.39, 0.29) is 29.6 Å². The fraction of sp³-hybridized carbons (Fsp3) is 0.483. The second kappa shape index (κ2) is 10.1. The summed E-state index contributed by atoms with van der Waals surface area (Å²) in [6.45, 7) is 9.11. The molecule has 9 atom stereocenters. The van der Waals surface area contributed by atoms with Gasteiger partial charge in [0.05, 0.1) is 6.10 Å². The molecular formula is C29H35NO6. The third kappa shape index (κ3) is 4.35. The van der Waals surface area contributed by atoms with Crippen molar-refractivity contribution in [2.45, 2.75) is 58.0 Å². The molecule has 1 aromatic carbocycles. The van der Waals surface area contributed by atoms with Crippen molar-refractivity contribution in [2.24, 2.45) is 29.1 Å². The smallest absolute Gasteiger partial charge is 0.303 e. The number of hydrogen-bond acceptors (Lipinski definition) is 6. The summed E-state index contributed by atoms with van der Waals surface area (Å²) in [7, 11) is 0. The molecule has 3 N–H and O–H groups in total. The number of benzene rings is 1. The molecule has 0 bridgehead atoms. The van der Waals surface area contributed by atoms with E-state index in [1.165, 1.54) is 19.1 Å². The van der Waals surface area contributed by atoms with E-state index in [1.807, 2.05) is 37.3 Å². The standard InChI is InChI=1S/C29H35NO6/c1-16-9-8-12-21-27(34)18(3)17(2)25-22(15-20-10-6-5-7-11-20)30-28(35)29(21,25)24(36-19(4)31)14-13-23(32)26(16)33/h5-8,10-14,16-17,21-25,27,32,34H,3,9,15H2,1-2,4H3,(H,30,35). The van der Waals surface area contributed by atoms with Crippen molar-refractivity contribution in [1.29, 1.82) is 0 Å². The molecule has 1 aliphatic heterocycles. The molecule has 9 unspecified atom stereocenters. The highest BCUT2D eigenvalue weighted by Crippen LogP contribution is 2.58. The lowest BCUT2D eigenvalue weighted by atomic mass is 9.51. The van der Waals surface area contributed by atoms with Crippen LogP contribution in [-0.4, -0.2) is 52.2 Å². The number of amides is 1. The van der Waals surface area contributed by atoms with E-state index in [1.54, 1.807) is 19.1 Å². The molecule has 3 aliphatic rings. The number of carbonyl (C=O) groups is 3. The van der Waals surface area contributed by atoms with Crippen molar-refractivity contribution < 1.29 is 29.3 Å². The molecule has 192 valence electrons. The Labute approximate surface area is 211 Å². The van der Waals surface area contributed by atoms with Crippen molar-refractivity contribution in [3.63, 3.8) is 0 Å². The summed E-state index contributed by atoms with van der Waals surface area (Å²) < 4.78 is 5.77. The van der Waals surface area contributed by atoms with Crippen LogP contribution in [0.1, 0.15) is 32.8 Å². The highest BCUT2D eigenvalue weighted by molar-refractivity contribution is 5.90. The van der Waals surface area contributed by atoms with Gasteiger partial charge in [-0.25, -0.2) is 0 Å². The van der Waals surface area contributed by atoms with Gasteiger partial charge in [-0.3, -0.25) is 14.4 Å². The van der Waals surface area contributed by atoms with E-state index in [2.05, 4.69) is 11.9 Å². The fourth-order valence-corrected chi connectivity index (χ4v) is 6.43. The summed E-state index contributed by atoms with van der Waals surface area (Å²) in [5.41, 5.74) is 0.292. The van der Waals surface area contributed by atoms with Gasteiger partial charge in [-0.15, -0.1) is 0 Å². The summed E-state index contributed by atoms with van der Waals surface area (Å²) in [6, 6.07) is 9.50. The molecule has 0 aromatic heterocycles. The first-order chi connectivity index (χ1) is 17.1. The average Bonchev–Trinajstić information content (AvgIpc) is 3.13. The van der Waals surface area contributed by atoms with Crippen LogP contribution in [0.25, 0.3) is 0 Å². The van der Waals surface area contributed by atoms with Crippen LogP contribution in [0.3, 0.4) is 0 Å². The zero-order chi connectivity index (χ0) is 26.2. The molecule has 1 saturated carbocycles. The molecule has 36 heavy (non-hydrogen) atoms. The molecular weight excluding hydrogens is 458 g/mol. The van der Waals surface area contributed by atoms with Crippen LogP contribution in [0.2, 0.25) is 0 Å². The number of ether oxygens (including phenoxy) is 1. The maximum Gasteiger partial charge on any atom is 0.303 e. The fourth-order valence-electron chi connectivity index (χ4n) is 6.43. The van der Waals surface area contributed by atoms with Crippen LogP contribution in [0.5, 0.6) is 0 Å². The number of allylic oxidation sites excluding steroid dienone is 1. The van der Waals surface area contributed by atoms with Gasteiger partial charge < -0.3 is 20.3 Å². The lowest BCUT2D eigenvalue weighted by Gasteiger charge is -2.52. The molecule has 1 saturated heterocycles. The Bertz CT molecular complexity index is 1090. The summed E-state index contributed by atoms with van der Waals surface area (Å²) in [5.74, 6) is -3.17. The van der Waals surface area contributed by atoms with Gasteiger partial charge in [-0.05, 0) is 42.0 Å². The van der Waals surface area contributed by atoms with E-state index >= 15 is 0 Å². The molecule has 1 amide bonds. The van der Waals surface area contributed by atoms with Crippen LogP contribution in [0.15, 0.2) is 66.8 Å². The third-order valence-corrected chi connectivity index (χ3v) is 8.23. The van der Waals surface area contributed by atoms with Crippen molar-refractivity contribution in [3.8, 4) is 0 Å². The molecule has 1 aromatic rings. The Morgan fingerprint density at radius 2 is 1.83 bits per heavy atom. The normalized spacial score (nSPS) is 38.5. The first kappa shape index (κ1) is 26.0. The monoisotopic (exact) mass is 493 g/mol. The van der Waals surface area contributed by atoms with Crippen LogP contribution in [0.4, 0.5) is 0 Å². The van der Waals surface area contributed by atoms with Gasteiger partial charge >= 0.3 is 5.97 Å². The Kier molecular flexibility index (Phi) is 7.34.